The van der Waals surface area contributed by atoms with Gasteiger partial charge in [-0.1, -0.05) is 13.3 Å². The highest BCUT2D eigenvalue weighted by Gasteiger charge is 2.64. The molecule has 0 radical (unpaired) electrons. The molecule has 3 fully saturated rings. The lowest BCUT2D eigenvalue weighted by Crippen LogP contribution is -2.23. The Hall–Kier alpha value is -0.0400. The second-order valence-electron chi connectivity index (χ2n) is 5.32. The lowest BCUT2D eigenvalue weighted by molar-refractivity contribution is 0.456. The molecular formula is C12H21N. The lowest BCUT2D eigenvalue weighted by atomic mass is 10.0. The molecule has 1 N–H and O–H groups in total. The molecule has 3 rings (SSSR count). The van der Waals surface area contributed by atoms with Gasteiger partial charge in [-0.15, -0.1) is 0 Å². The maximum atomic E-state index is 3.76. The van der Waals surface area contributed by atoms with Crippen molar-refractivity contribution in [3.05, 3.63) is 0 Å². The molecule has 0 aromatic heterocycles. The predicted molar refractivity (Wildman–Crippen MR) is 54.5 cm³/mol. The summed E-state index contributed by atoms with van der Waals surface area (Å²) in [5.74, 6) is 4.51. The second kappa shape index (κ2) is 2.98. The zero-order valence-electron chi connectivity index (χ0n) is 8.63. The molecule has 3 aliphatic rings. The van der Waals surface area contributed by atoms with Gasteiger partial charge in [-0.3, -0.25) is 0 Å². The zero-order valence-corrected chi connectivity index (χ0v) is 8.63. The second-order valence-corrected chi connectivity index (χ2v) is 5.32. The molecule has 13 heavy (non-hydrogen) atoms. The Balaban J connectivity index is 1.50. The molecule has 1 nitrogen and oxygen atoms in total. The summed E-state index contributed by atoms with van der Waals surface area (Å²) in [4.78, 5) is 0. The summed E-state index contributed by atoms with van der Waals surface area (Å²) in [7, 11) is 0. The SMILES string of the molecule is CCCCNC1C2C3CCC(C3)C12. The molecular weight excluding hydrogens is 158 g/mol. The first-order chi connectivity index (χ1) is 6.42. The first-order valence-corrected chi connectivity index (χ1v) is 6.15. The average molecular weight is 179 g/mol. The molecule has 0 heterocycles. The van der Waals surface area contributed by atoms with E-state index in [1.165, 1.54) is 19.4 Å². The van der Waals surface area contributed by atoms with Crippen LogP contribution >= 0.6 is 0 Å². The Labute approximate surface area is 81.3 Å². The molecule has 2 bridgehead atoms. The van der Waals surface area contributed by atoms with E-state index in [0.29, 0.717) is 0 Å². The Morgan fingerprint density at radius 1 is 1.15 bits per heavy atom. The van der Waals surface area contributed by atoms with Crippen LogP contribution in [0.1, 0.15) is 39.0 Å². The third-order valence-electron chi connectivity index (χ3n) is 4.65. The van der Waals surface area contributed by atoms with Crippen molar-refractivity contribution in [3.63, 3.8) is 0 Å². The van der Waals surface area contributed by atoms with E-state index in [0.717, 1.165) is 29.7 Å². The standard InChI is InChI=1S/C12H21N/c1-2-3-6-13-12-10-8-4-5-9(7-8)11(10)12/h8-13H,2-7H2,1H3. The van der Waals surface area contributed by atoms with E-state index in [1.54, 1.807) is 19.3 Å². The first kappa shape index (κ1) is 8.28. The van der Waals surface area contributed by atoms with Gasteiger partial charge in [0.15, 0.2) is 0 Å². The van der Waals surface area contributed by atoms with Crippen molar-refractivity contribution < 1.29 is 0 Å². The Morgan fingerprint density at radius 2 is 1.85 bits per heavy atom. The summed E-state index contributed by atoms with van der Waals surface area (Å²) >= 11 is 0. The topological polar surface area (TPSA) is 12.0 Å². The van der Waals surface area contributed by atoms with Gasteiger partial charge in [-0.2, -0.15) is 0 Å². The number of hydrogen-bond acceptors (Lipinski definition) is 1. The molecule has 0 aliphatic heterocycles. The van der Waals surface area contributed by atoms with Gasteiger partial charge in [-0.05, 0) is 55.9 Å². The third kappa shape index (κ3) is 1.16. The van der Waals surface area contributed by atoms with E-state index < -0.39 is 0 Å². The van der Waals surface area contributed by atoms with Gasteiger partial charge in [0.05, 0.1) is 0 Å². The minimum atomic E-state index is 0.956. The minimum Gasteiger partial charge on any atom is -0.313 e. The summed E-state index contributed by atoms with van der Waals surface area (Å²) < 4.78 is 0. The Morgan fingerprint density at radius 3 is 2.46 bits per heavy atom. The summed E-state index contributed by atoms with van der Waals surface area (Å²) in [6, 6.07) is 0.956. The van der Waals surface area contributed by atoms with Crippen molar-refractivity contribution >= 4 is 0 Å². The van der Waals surface area contributed by atoms with E-state index in [-0.39, 0.29) is 0 Å². The van der Waals surface area contributed by atoms with Crippen LogP contribution in [0.15, 0.2) is 0 Å². The molecule has 0 saturated heterocycles. The van der Waals surface area contributed by atoms with Crippen molar-refractivity contribution in [1.29, 1.82) is 0 Å². The van der Waals surface area contributed by atoms with Gasteiger partial charge in [0.25, 0.3) is 0 Å². The fraction of sp³-hybridized carbons (Fsp3) is 1.00. The molecule has 1 heteroatoms. The Bertz CT molecular complexity index is 185. The van der Waals surface area contributed by atoms with E-state index in [4.69, 9.17) is 0 Å². The molecule has 0 aromatic rings. The number of hydrogen-bond donors (Lipinski definition) is 1. The molecule has 74 valence electrons. The smallest absolute Gasteiger partial charge is 0.0135 e. The van der Waals surface area contributed by atoms with Crippen LogP contribution in [0.2, 0.25) is 0 Å². The predicted octanol–water partition coefficient (Wildman–Crippen LogP) is 2.42. The number of fused-ring (bicyclic) bond motifs is 5. The minimum absolute atomic E-state index is 0.956. The van der Waals surface area contributed by atoms with E-state index in [1.807, 2.05) is 0 Å². The van der Waals surface area contributed by atoms with Crippen LogP contribution in [0.3, 0.4) is 0 Å². The number of unbranched alkanes of at least 4 members (excludes halogenated alkanes) is 1. The largest absolute Gasteiger partial charge is 0.313 e. The summed E-state index contributed by atoms with van der Waals surface area (Å²) in [5.41, 5.74) is 0. The fourth-order valence-electron chi connectivity index (χ4n) is 4.04. The monoisotopic (exact) mass is 179 g/mol. The van der Waals surface area contributed by atoms with Crippen LogP contribution in [0, 0.1) is 23.7 Å². The summed E-state index contributed by atoms with van der Waals surface area (Å²) in [6.45, 7) is 3.55. The molecule has 4 unspecified atom stereocenters. The molecule has 0 aromatic carbocycles. The van der Waals surface area contributed by atoms with E-state index in [2.05, 4.69) is 12.2 Å². The van der Waals surface area contributed by atoms with Gasteiger partial charge in [0, 0.05) is 6.04 Å². The molecule has 4 atom stereocenters. The van der Waals surface area contributed by atoms with Gasteiger partial charge in [-0.25, -0.2) is 0 Å². The van der Waals surface area contributed by atoms with Crippen molar-refractivity contribution in [2.24, 2.45) is 23.7 Å². The highest BCUT2D eigenvalue weighted by molar-refractivity contribution is 5.16. The number of nitrogens with one attached hydrogen (secondary N) is 1. The van der Waals surface area contributed by atoms with Crippen molar-refractivity contribution in [3.8, 4) is 0 Å². The summed E-state index contributed by atoms with van der Waals surface area (Å²) in [6.07, 6.45) is 7.39. The van der Waals surface area contributed by atoms with Crippen LogP contribution in [-0.4, -0.2) is 12.6 Å². The maximum absolute atomic E-state index is 3.76. The third-order valence-corrected chi connectivity index (χ3v) is 4.65. The van der Waals surface area contributed by atoms with Gasteiger partial charge >= 0.3 is 0 Å². The van der Waals surface area contributed by atoms with Crippen molar-refractivity contribution in [2.75, 3.05) is 6.54 Å². The van der Waals surface area contributed by atoms with E-state index in [9.17, 15) is 0 Å². The number of rotatable bonds is 4. The highest BCUT2D eigenvalue weighted by Crippen LogP contribution is 2.65. The highest BCUT2D eigenvalue weighted by atomic mass is 15.0. The zero-order chi connectivity index (χ0) is 8.84. The molecule has 0 amide bonds. The van der Waals surface area contributed by atoms with Crippen LogP contribution in [0.25, 0.3) is 0 Å². The van der Waals surface area contributed by atoms with Crippen LogP contribution < -0.4 is 5.32 Å². The molecule has 3 saturated carbocycles. The molecule has 3 aliphatic carbocycles. The van der Waals surface area contributed by atoms with Crippen molar-refractivity contribution in [2.45, 2.75) is 45.1 Å². The summed E-state index contributed by atoms with van der Waals surface area (Å²) in [5, 5.41) is 3.76. The first-order valence-electron chi connectivity index (χ1n) is 6.15. The van der Waals surface area contributed by atoms with E-state index >= 15 is 0 Å². The van der Waals surface area contributed by atoms with Gasteiger partial charge in [0.2, 0.25) is 0 Å². The Kier molecular flexibility index (Phi) is 1.90. The van der Waals surface area contributed by atoms with Crippen LogP contribution in [0.4, 0.5) is 0 Å². The van der Waals surface area contributed by atoms with Gasteiger partial charge < -0.3 is 5.32 Å². The van der Waals surface area contributed by atoms with Gasteiger partial charge in [0.1, 0.15) is 0 Å². The van der Waals surface area contributed by atoms with Crippen LogP contribution in [0.5, 0.6) is 0 Å². The van der Waals surface area contributed by atoms with Crippen molar-refractivity contribution in [1.82, 2.24) is 5.32 Å². The molecule has 0 spiro atoms. The fourth-order valence-corrected chi connectivity index (χ4v) is 4.04. The average Bonchev–Trinajstić information content (AvgIpc) is 2.58. The van der Waals surface area contributed by atoms with Crippen LogP contribution in [-0.2, 0) is 0 Å². The maximum Gasteiger partial charge on any atom is 0.0135 e. The quantitative estimate of drug-likeness (QED) is 0.654. The normalized spacial score (nSPS) is 51.0. The lowest BCUT2D eigenvalue weighted by Gasteiger charge is -2.09.